The molecule has 160 valence electrons. The summed E-state index contributed by atoms with van der Waals surface area (Å²) in [5, 5.41) is 22.0. The van der Waals surface area contributed by atoms with Gasteiger partial charge >= 0.3 is 5.97 Å². The lowest BCUT2D eigenvalue weighted by Gasteiger charge is -2.06. The van der Waals surface area contributed by atoms with Gasteiger partial charge in [-0.2, -0.15) is 0 Å². The number of aliphatic hydroxyl groups excluding tert-OH is 1. The number of carboxylic acids is 1. The number of ether oxygens (including phenoxy) is 2. The zero-order chi connectivity index (χ0) is 22.4. The molecule has 1 aliphatic heterocycles. The van der Waals surface area contributed by atoms with Crippen LogP contribution >= 0.6 is 23.4 Å². The highest BCUT2D eigenvalue weighted by molar-refractivity contribution is 8.18. The van der Waals surface area contributed by atoms with Crippen molar-refractivity contribution in [3.8, 4) is 5.75 Å². The molecule has 0 radical (unpaired) electrons. The predicted molar refractivity (Wildman–Crippen MR) is 117 cm³/mol. The van der Waals surface area contributed by atoms with Crippen LogP contribution in [-0.4, -0.2) is 35.3 Å². The molecule has 2 aromatic rings. The van der Waals surface area contributed by atoms with Crippen molar-refractivity contribution < 1.29 is 29.3 Å². The van der Waals surface area contributed by atoms with E-state index in [4.69, 9.17) is 21.1 Å². The van der Waals surface area contributed by atoms with E-state index in [0.717, 1.165) is 11.8 Å². The zero-order valence-corrected chi connectivity index (χ0v) is 17.9. The fourth-order valence-corrected chi connectivity index (χ4v) is 3.74. The third kappa shape index (κ3) is 5.90. The second kappa shape index (κ2) is 10.2. The Morgan fingerprint density at radius 2 is 1.84 bits per heavy atom. The molecule has 0 fully saturated rings. The Bertz CT molecular complexity index is 1070. The predicted octanol–water partition coefficient (Wildman–Crippen LogP) is 3.66. The lowest BCUT2D eigenvalue weighted by molar-refractivity contribution is -0.307. The molecule has 7 nitrogen and oxygen atoms in total. The number of hydrogen-bond donors (Lipinski definition) is 1. The first-order chi connectivity index (χ1) is 14.9. The SMILES string of the molecule is CCOC(=O)C1=C(O)/C(=C/c2ccc(OCC(=O)[O-])cc2)SC1=Nc1ccc(Cl)cc1. The van der Waals surface area contributed by atoms with E-state index >= 15 is 0 Å². The van der Waals surface area contributed by atoms with Crippen LogP contribution in [0.4, 0.5) is 5.69 Å². The van der Waals surface area contributed by atoms with Crippen molar-refractivity contribution in [1.29, 1.82) is 0 Å². The molecule has 0 saturated carbocycles. The number of carbonyl (C=O) groups excluding carboxylic acids is 2. The third-order valence-electron chi connectivity index (χ3n) is 3.96. The van der Waals surface area contributed by atoms with Crippen LogP contribution in [0.1, 0.15) is 12.5 Å². The second-order valence-electron chi connectivity index (χ2n) is 6.18. The summed E-state index contributed by atoms with van der Waals surface area (Å²) in [5.41, 5.74) is 1.25. The van der Waals surface area contributed by atoms with E-state index in [1.165, 1.54) is 0 Å². The number of hydrogen-bond acceptors (Lipinski definition) is 8. The number of aliphatic carboxylic acids is 1. The molecule has 1 heterocycles. The summed E-state index contributed by atoms with van der Waals surface area (Å²) >= 11 is 7.03. The van der Waals surface area contributed by atoms with Crippen molar-refractivity contribution in [2.45, 2.75) is 6.92 Å². The Balaban J connectivity index is 1.91. The number of nitrogens with zero attached hydrogens (tertiary/aromatic N) is 1. The van der Waals surface area contributed by atoms with E-state index in [1.807, 2.05) is 0 Å². The van der Waals surface area contributed by atoms with Crippen LogP contribution < -0.4 is 9.84 Å². The van der Waals surface area contributed by atoms with E-state index in [1.54, 1.807) is 61.5 Å². The van der Waals surface area contributed by atoms with Crippen molar-refractivity contribution in [1.82, 2.24) is 0 Å². The Kier molecular flexibility index (Phi) is 7.38. The normalized spacial score (nSPS) is 16.1. The van der Waals surface area contributed by atoms with Gasteiger partial charge in [-0.25, -0.2) is 9.79 Å². The summed E-state index contributed by atoms with van der Waals surface area (Å²) in [6.45, 7) is 1.28. The van der Waals surface area contributed by atoms with Gasteiger partial charge in [-0.1, -0.05) is 35.5 Å². The molecule has 0 aromatic heterocycles. The van der Waals surface area contributed by atoms with Gasteiger partial charge in [-0.15, -0.1) is 0 Å². The van der Waals surface area contributed by atoms with Crippen LogP contribution in [0.25, 0.3) is 6.08 Å². The highest BCUT2D eigenvalue weighted by Crippen LogP contribution is 2.40. The summed E-state index contributed by atoms with van der Waals surface area (Å²) in [4.78, 5) is 27.8. The van der Waals surface area contributed by atoms with Crippen LogP contribution in [0.5, 0.6) is 5.75 Å². The number of carbonyl (C=O) groups is 2. The van der Waals surface area contributed by atoms with E-state index in [9.17, 15) is 19.8 Å². The summed E-state index contributed by atoms with van der Waals surface area (Å²) < 4.78 is 10.1. The lowest BCUT2D eigenvalue weighted by Crippen LogP contribution is -2.28. The minimum Gasteiger partial charge on any atom is -0.546 e. The third-order valence-corrected chi connectivity index (χ3v) is 5.23. The Morgan fingerprint density at radius 3 is 2.45 bits per heavy atom. The topological polar surface area (TPSA) is 108 Å². The van der Waals surface area contributed by atoms with Gasteiger partial charge in [0.1, 0.15) is 28.7 Å². The van der Waals surface area contributed by atoms with E-state index < -0.39 is 18.5 Å². The molecule has 0 spiro atoms. The molecule has 0 saturated heterocycles. The van der Waals surface area contributed by atoms with Gasteiger partial charge in [0.05, 0.1) is 23.2 Å². The molecule has 0 amide bonds. The monoisotopic (exact) mass is 458 g/mol. The zero-order valence-electron chi connectivity index (χ0n) is 16.3. The summed E-state index contributed by atoms with van der Waals surface area (Å²) in [6, 6.07) is 13.3. The number of aliphatic imine (C=N–C) groups is 1. The van der Waals surface area contributed by atoms with Gasteiger partial charge in [0.15, 0.2) is 0 Å². The molecule has 1 N–H and O–H groups in total. The first-order valence-corrected chi connectivity index (χ1v) is 10.3. The number of aliphatic hydroxyl groups is 1. The Hall–Kier alpha value is -3.23. The first kappa shape index (κ1) is 22.5. The van der Waals surface area contributed by atoms with Crippen LogP contribution in [-0.2, 0) is 14.3 Å². The van der Waals surface area contributed by atoms with Crippen molar-refractivity contribution in [3.05, 3.63) is 75.4 Å². The highest BCUT2D eigenvalue weighted by atomic mass is 35.5. The molecule has 0 unspecified atom stereocenters. The van der Waals surface area contributed by atoms with Crippen LogP contribution in [0.15, 0.2) is 69.8 Å². The summed E-state index contributed by atoms with van der Waals surface area (Å²) in [6.07, 6.45) is 1.67. The van der Waals surface area contributed by atoms with Gasteiger partial charge in [0.2, 0.25) is 0 Å². The molecule has 2 aromatic carbocycles. The maximum Gasteiger partial charge on any atom is 0.344 e. The van der Waals surface area contributed by atoms with Gasteiger partial charge in [-0.05, 0) is 55.0 Å². The van der Waals surface area contributed by atoms with Gasteiger partial charge in [0, 0.05) is 5.02 Å². The van der Waals surface area contributed by atoms with Crippen molar-refractivity contribution >= 4 is 52.1 Å². The number of esters is 1. The van der Waals surface area contributed by atoms with Gasteiger partial charge in [-0.3, -0.25) is 0 Å². The van der Waals surface area contributed by atoms with E-state index in [0.29, 0.717) is 32.0 Å². The highest BCUT2D eigenvalue weighted by Gasteiger charge is 2.33. The van der Waals surface area contributed by atoms with E-state index in [2.05, 4.69) is 4.99 Å². The number of benzene rings is 2. The number of halogens is 1. The molecule has 31 heavy (non-hydrogen) atoms. The largest absolute Gasteiger partial charge is 0.546 e. The minimum absolute atomic E-state index is 0.0121. The average molecular weight is 459 g/mol. The quantitative estimate of drug-likeness (QED) is 0.630. The fourth-order valence-electron chi connectivity index (χ4n) is 2.58. The molecular formula is C22H17ClNO6S-. The van der Waals surface area contributed by atoms with Gasteiger partial charge in [0.25, 0.3) is 0 Å². The second-order valence-corrected chi connectivity index (χ2v) is 7.64. The average Bonchev–Trinajstić information content (AvgIpc) is 3.04. The number of carboxylic acid groups (broad SMARTS) is 1. The number of thioether (sulfide) groups is 1. The maximum absolute atomic E-state index is 12.4. The standard InChI is InChI=1S/C22H18ClNO6S/c1-2-29-22(28)19-20(27)17(31-21(19)24-15-7-5-14(23)6-8-15)11-13-3-9-16(10-4-13)30-12-18(25)26/h3-11,27H,2,12H2,1H3,(H,25,26)/p-1/b17-11-,24-21?. The Morgan fingerprint density at radius 1 is 1.16 bits per heavy atom. The maximum atomic E-state index is 12.4. The van der Waals surface area contributed by atoms with Crippen molar-refractivity contribution in [3.63, 3.8) is 0 Å². The van der Waals surface area contributed by atoms with Crippen LogP contribution in [0.2, 0.25) is 5.02 Å². The summed E-state index contributed by atoms with van der Waals surface area (Å²) in [7, 11) is 0. The molecule has 0 bridgehead atoms. The van der Waals surface area contributed by atoms with Crippen LogP contribution in [0, 0.1) is 0 Å². The van der Waals surface area contributed by atoms with Crippen molar-refractivity contribution in [2.75, 3.05) is 13.2 Å². The Labute approximate surface area is 187 Å². The lowest BCUT2D eigenvalue weighted by atomic mass is 10.1. The van der Waals surface area contributed by atoms with E-state index in [-0.39, 0.29) is 17.9 Å². The molecule has 0 atom stereocenters. The minimum atomic E-state index is -1.32. The molecular weight excluding hydrogens is 442 g/mol. The first-order valence-electron chi connectivity index (χ1n) is 9.15. The summed E-state index contributed by atoms with van der Waals surface area (Å²) in [5.74, 6) is -1.85. The molecule has 0 aliphatic carbocycles. The molecule has 3 rings (SSSR count). The van der Waals surface area contributed by atoms with Crippen molar-refractivity contribution in [2.24, 2.45) is 4.99 Å². The fraction of sp³-hybridized carbons (Fsp3) is 0.136. The number of rotatable bonds is 7. The molecule has 1 aliphatic rings. The smallest absolute Gasteiger partial charge is 0.344 e. The molecule has 9 heteroatoms. The van der Waals surface area contributed by atoms with Crippen LogP contribution in [0.3, 0.4) is 0 Å². The van der Waals surface area contributed by atoms with Gasteiger partial charge < -0.3 is 24.5 Å².